The van der Waals surface area contributed by atoms with Crippen LogP contribution in [0.3, 0.4) is 0 Å². The van der Waals surface area contributed by atoms with E-state index in [-0.39, 0.29) is 11.9 Å². The van der Waals surface area contributed by atoms with Crippen molar-refractivity contribution in [3.05, 3.63) is 34.3 Å². The molecule has 1 fully saturated rings. The zero-order chi connectivity index (χ0) is 11.8. The van der Waals surface area contributed by atoms with E-state index in [4.69, 9.17) is 4.74 Å². The van der Waals surface area contributed by atoms with Gasteiger partial charge in [0, 0.05) is 10.4 Å². The summed E-state index contributed by atoms with van der Waals surface area (Å²) in [5.41, 5.74) is 0.643. The molecule has 1 aliphatic rings. The van der Waals surface area contributed by atoms with Crippen molar-refractivity contribution in [2.75, 3.05) is 14.2 Å². The SMILES string of the molecule is CNC1(C(=O)OC)CC1c1cccc(Br)c1. The van der Waals surface area contributed by atoms with Crippen LogP contribution in [0.4, 0.5) is 0 Å². The second-order valence-electron chi connectivity index (χ2n) is 4.02. The number of rotatable bonds is 3. The second-order valence-corrected chi connectivity index (χ2v) is 4.94. The first-order chi connectivity index (χ1) is 7.64. The fourth-order valence-electron chi connectivity index (χ4n) is 2.17. The van der Waals surface area contributed by atoms with Crippen molar-refractivity contribution >= 4 is 21.9 Å². The van der Waals surface area contributed by atoms with Crippen LogP contribution in [0.2, 0.25) is 0 Å². The number of hydrogen-bond donors (Lipinski definition) is 1. The standard InChI is InChI=1S/C12H14BrNO2/c1-14-12(11(15)16-2)7-10(12)8-4-3-5-9(13)6-8/h3-6,10,14H,7H2,1-2H3. The molecule has 16 heavy (non-hydrogen) atoms. The Morgan fingerprint density at radius 1 is 1.62 bits per heavy atom. The normalized spacial score (nSPS) is 27.6. The van der Waals surface area contributed by atoms with Crippen LogP contribution in [0.5, 0.6) is 0 Å². The van der Waals surface area contributed by atoms with Gasteiger partial charge in [0.1, 0.15) is 5.54 Å². The van der Waals surface area contributed by atoms with Gasteiger partial charge in [0.05, 0.1) is 7.11 Å². The van der Waals surface area contributed by atoms with E-state index in [0.29, 0.717) is 0 Å². The van der Waals surface area contributed by atoms with Crippen molar-refractivity contribution in [1.29, 1.82) is 0 Å². The first-order valence-electron chi connectivity index (χ1n) is 5.17. The van der Waals surface area contributed by atoms with Crippen LogP contribution in [0, 0.1) is 0 Å². The molecule has 1 aromatic carbocycles. The Bertz CT molecular complexity index is 421. The highest BCUT2D eigenvalue weighted by atomic mass is 79.9. The molecule has 1 aromatic rings. The topological polar surface area (TPSA) is 38.3 Å². The highest BCUT2D eigenvalue weighted by Gasteiger charge is 2.60. The van der Waals surface area contributed by atoms with Crippen molar-refractivity contribution in [1.82, 2.24) is 5.32 Å². The van der Waals surface area contributed by atoms with E-state index >= 15 is 0 Å². The molecule has 3 nitrogen and oxygen atoms in total. The average molecular weight is 284 g/mol. The lowest BCUT2D eigenvalue weighted by molar-refractivity contribution is -0.144. The van der Waals surface area contributed by atoms with Gasteiger partial charge in [-0.1, -0.05) is 28.1 Å². The van der Waals surface area contributed by atoms with Gasteiger partial charge < -0.3 is 10.1 Å². The molecule has 0 aromatic heterocycles. The second kappa shape index (κ2) is 4.18. The minimum absolute atomic E-state index is 0.181. The molecule has 1 N–H and O–H groups in total. The summed E-state index contributed by atoms with van der Waals surface area (Å²) in [6.45, 7) is 0. The third-order valence-corrected chi connectivity index (χ3v) is 3.70. The van der Waals surface area contributed by atoms with E-state index in [1.165, 1.54) is 7.11 Å². The molecule has 0 amide bonds. The Morgan fingerprint density at radius 3 is 2.94 bits per heavy atom. The van der Waals surface area contributed by atoms with Crippen LogP contribution in [0.25, 0.3) is 0 Å². The van der Waals surface area contributed by atoms with Gasteiger partial charge in [0.15, 0.2) is 0 Å². The monoisotopic (exact) mass is 283 g/mol. The summed E-state index contributed by atoms with van der Waals surface area (Å²) in [7, 11) is 3.23. The Balaban J connectivity index is 2.24. The number of ether oxygens (including phenoxy) is 1. The van der Waals surface area contributed by atoms with Crippen molar-refractivity contribution in [2.24, 2.45) is 0 Å². The maximum atomic E-state index is 11.7. The van der Waals surface area contributed by atoms with Crippen LogP contribution in [-0.2, 0) is 9.53 Å². The maximum Gasteiger partial charge on any atom is 0.326 e. The van der Waals surface area contributed by atoms with E-state index in [2.05, 4.69) is 21.2 Å². The molecule has 0 spiro atoms. The van der Waals surface area contributed by atoms with Crippen molar-refractivity contribution in [3.63, 3.8) is 0 Å². The van der Waals surface area contributed by atoms with Gasteiger partial charge >= 0.3 is 5.97 Å². The van der Waals surface area contributed by atoms with E-state index < -0.39 is 5.54 Å². The number of carbonyl (C=O) groups excluding carboxylic acids is 1. The van der Waals surface area contributed by atoms with E-state index in [1.54, 1.807) is 7.05 Å². The number of halogens is 1. The molecule has 86 valence electrons. The van der Waals surface area contributed by atoms with Gasteiger partial charge in [-0.05, 0) is 31.2 Å². The molecular formula is C12H14BrNO2. The van der Waals surface area contributed by atoms with Gasteiger partial charge in [-0.3, -0.25) is 4.79 Å². The fourth-order valence-corrected chi connectivity index (χ4v) is 2.59. The molecule has 0 bridgehead atoms. The van der Waals surface area contributed by atoms with Gasteiger partial charge in [-0.2, -0.15) is 0 Å². The smallest absolute Gasteiger partial charge is 0.326 e. The van der Waals surface area contributed by atoms with Gasteiger partial charge in [-0.15, -0.1) is 0 Å². The first kappa shape index (κ1) is 11.6. The van der Waals surface area contributed by atoms with Crippen molar-refractivity contribution < 1.29 is 9.53 Å². The summed E-state index contributed by atoms with van der Waals surface area (Å²) in [5.74, 6) is 0.0300. The summed E-state index contributed by atoms with van der Waals surface area (Å²) in [5, 5.41) is 3.08. The number of hydrogen-bond acceptors (Lipinski definition) is 3. The largest absolute Gasteiger partial charge is 0.468 e. The van der Waals surface area contributed by atoms with Crippen LogP contribution in [-0.4, -0.2) is 25.7 Å². The molecule has 0 radical (unpaired) electrons. The molecular weight excluding hydrogens is 270 g/mol. The predicted octanol–water partition coefficient (Wildman–Crippen LogP) is 2.07. The maximum absolute atomic E-state index is 11.7. The lowest BCUT2D eigenvalue weighted by Crippen LogP contribution is -2.39. The molecule has 4 heteroatoms. The van der Waals surface area contributed by atoms with E-state index in [0.717, 1.165) is 16.5 Å². The predicted molar refractivity (Wildman–Crippen MR) is 65.3 cm³/mol. The van der Waals surface area contributed by atoms with Gasteiger partial charge in [-0.25, -0.2) is 0 Å². The third kappa shape index (κ3) is 1.76. The number of benzene rings is 1. The van der Waals surface area contributed by atoms with Gasteiger partial charge in [0.2, 0.25) is 0 Å². The number of nitrogens with one attached hydrogen (secondary N) is 1. The average Bonchev–Trinajstić information content (AvgIpc) is 3.04. The Kier molecular flexibility index (Phi) is 3.04. The third-order valence-electron chi connectivity index (χ3n) is 3.21. The fraction of sp³-hybridized carbons (Fsp3) is 0.417. The first-order valence-corrected chi connectivity index (χ1v) is 5.96. The zero-order valence-corrected chi connectivity index (χ0v) is 10.9. The zero-order valence-electron chi connectivity index (χ0n) is 9.29. The summed E-state index contributed by atoms with van der Waals surface area (Å²) in [4.78, 5) is 11.7. The van der Waals surface area contributed by atoms with Crippen molar-refractivity contribution in [2.45, 2.75) is 17.9 Å². The van der Waals surface area contributed by atoms with E-state index in [1.807, 2.05) is 24.3 Å². The Morgan fingerprint density at radius 2 is 2.38 bits per heavy atom. The van der Waals surface area contributed by atoms with Gasteiger partial charge in [0.25, 0.3) is 0 Å². The molecule has 1 aliphatic carbocycles. The summed E-state index contributed by atoms with van der Waals surface area (Å²) in [6, 6.07) is 8.05. The lowest BCUT2D eigenvalue weighted by Gasteiger charge is -2.13. The lowest BCUT2D eigenvalue weighted by atomic mass is 10.1. The molecule has 0 heterocycles. The number of carbonyl (C=O) groups is 1. The van der Waals surface area contributed by atoms with Crippen LogP contribution in [0.15, 0.2) is 28.7 Å². The van der Waals surface area contributed by atoms with Crippen LogP contribution < -0.4 is 5.32 Å². The molecule has 0 saturated heterocycles. The highest BCUT2D eigenvalue weighted by Crippen LogP contribution is 2.52. The molecule has 2 rings (SSSR count). The van der Waals surface area contributed by atoms with Crippen LogP contribution >= 0.6 is 15.9 Å². The Hall–Kier alpha value is -0.870. The molecule has 0 aliphatic heterocycles. The molecule has 2 unspecified atom stereocenters. The summed E-state index contributed by atoms with van der Waals surface area (Å²) in [6.07, 6.45) is 0.798. The minimum Gasteiger partial charge on any atom is -0.468 e. The quantitative estimate of drug-likeness (QED) is 0.863. The molecule has 1 saturated carbocycles. The number of methoxy groups -OCH3 is 1. The number of esters is 1. The van der Waals surface area contributed by atoms with E-state index in [9.17, 15) is 4.79 Å². The molecule has 2 atom stereocenters. The van der Waals surface area contributed by atoms with Crippen molar-refractivity contribution in [3.8, 4) is 0 Å². The Labute approximate surface area is 103 Å². The minimum atomic E-state index is -0.518. The summed E-state index contributed by atoms with van der Waals surface area (Å²) >= 11 is 3.44. The number of likely N-dealkylation sites (N-methyl/N-ethyl adjacent to an activating group) is 1. The summed E-state index contributed by atoms with van der Waals surface area (Å²) < 4.78 is 5.87. The van der Waals surface area contributed by atoms with Crippen LogP contribution in [0.1, 0.15) is 17.9 Å². The highest BCUT2D eigenvalue weighted by molar-refractivity contribution is 9.10.